The van der Waals surface area contributed by atoms with Gasteiger partial charge < -0.3 is 15.5 Å². The fourth-order valence-electron chi connectivity index (χ4n) is 3.03. The molecule has 1 aromatic carbocycles. The van der Waals surface area contributed by atoms with E-state index in [1.165, 1.54) is 12.1 Å². The zero-order chi connectivity index (χ0) is 19.0. The van der Waals surface area contributed by atoms with E-state index in [4.69, 9.17) is 0 Å². The van der Waals surface area contributed by atoms with E-state index in [9.17, 15) is 9.18 Å². The molecule has 0 atom stereocenters. The number of benzene rings is 1. The summed E-state index contributed by atoms with van der Waals surface area (Å²) in [5.74, 6) is 0.821. The molecule has 0 spiro atoms. The smallest absolute Gasteiger partial charge is 0.222 e. The number of guanidine groups is 1. The Morgan fingerprint density at radius 3 is 2.62 bits per heavy atom. The molecule has 144 valence electrons. The summed E-state index contributed by atoms with van der Waals surface area (Å²) in [6.45, 7) is 10.1. The zero-order valence-electron chi connectivity index (χ0n) is 16.1. The minimum Gasteiger partial charge on any atom is -0.357 e. The van der Waals surface area contributed by atoms with Crippen LogP contribution in [0, 0.1) is 5.82 Å². The van der Waals surface area contributed by atoms with Gasteiger partial charge in [0.2, 0.25) is 5.91 Å². The number of amides is 1. The van der Waals surface area contributed by atoms with Crippen molar-refractivity contribution in [2.24, 2.45) is 4.99 Å². The molecule has 1 aromatic rings. The van der Waals surface area contributed by atoms with Crippen LogP contribution in [0.2, 0.25) is 0 Å². The second-order valence-electron chi connectivity index (χ2n) is 7.35. The number of nitrogens with one attached hydrogen (secondary N) is 2. The second-order valence-corrected chi connectivity index (χ2v) is 7.35. The molecule has 0 bridgehead atoms. The van der Waals surface area contributed by atoms with E-state index in [1.807, 2.05) is 24.0 Å². The first-order chi connectivity index (χ1) is 12.4. The molecule has 1 amide bonds. The van der Waals surface area contributed by atoms with Gasteiger partial charge in [0.25, 0.3) is 0 Å². The summed E-state index contributed by atoms with van der Waals surface area (Å²) >= 11 is 0. The van der Waals surface area contributed by atoms with Crippen LogP contribution in [-0.4, -0.2) is 49.5 Å². The molecule has 0 radical (unpaired) electrons. The number of hydrogen-bond acceptors (Lipinski definition) is 2. The summed E-state index contributed by atoms with van der Waals surface area (Å²) in [6, 6.07) is 6.62. The maximum atomic E-state index is 13.1. The van der Waals surface area contributed by atoms with Crippen LogP contribution in [0.25, 0.3) is 0 Å². The molecule has 1 aliphatic heterocycles. The molecule has 0 saturated carbocycles. The highest BCUT2D eigenvalue weighted by Gasteiger charge is 2.21. The van der Waals surface area contributed by atoms with Crippen LogP contribution >= 0.6 is 0 Å². The van der Waals surface area contributed by atoms with Gasteiger partial charge in [0.1, 0.15) is 5.82 Å². The zero-order valence-corrected chi connectivity index (χ0v) is 16.1. The van der Waals surface area contributed by atoms with Gasteiger partial charge in [0, 0.05) is 38.0 Å². The lowest BCUT2D eigenvalue weighted by Gasteiger charge is -2.24. The van der Waals surface area contributed by atoms with Crippen molar-refractivity contribution in [3.05, 3.63) is 35.6 Å². The maximum absolute atomic E-state index is 13.1. The Kier molecular flexibility index (Phi) is 7.42. The van der Waals surface area contributed by atoms with Gasteiger partial charge in [-0.15, -0.1) is 0 Å². The Bertz CT molecular complexity index is 613. The summed E-state index contributed by atoms with van der Waals surface area (Å²) in [6.07, 6.45) is 2.57. The molecular weight excluding hydrogens is 331 g/mol. The van der Waals surface area contributed by atoms with Gasteiger partial charge in [-0.1, -0.05) is 26.0 Å². The van der Waals surface area contributed by atoms with Crippen LogP contribution < -0.4 is 10.6 Å². The van der Waals surface area contributed by atoms with Gasteiger partial charge in [0.15, 0.2) is 5.96 Å². The largest absolute Gasteiger partial charge is 0.357 e. The average molecular weight is 362 g/mol. The van der Waals surface area contributed by atoms with Gasteiger partial charge in [-0.3, -0.25) is 9.79 Å². The molecule has 2 rings (SSSR count). The first-order valence-electron chi connectivity index (χ1n) is 9.48. The van der Waals surface area contributed by atoms with E-state index >= 15 is 0 Å². The summed E-state index contributed by atoms with van der Waals surface area (Å²) in [5, 5.41) is 6.58. The van der Waals surface area contributed by atoms with Crippen molar-refractivity contribution in [3.8, 4) is 0 Å². The van der Waals surface area contributed by atoms with Gasteiger partial charge in [0.05, 0.1) is 6.54 Å². The normalized spacial score (nSPS) is 15.5. The van der Waals surface area contributed by atoms with Gasteiger partial charge in [-0.2, -0.15) is 0 Å². The van der Waals surface area contributed by atoms with Gasteiger partial charge in [-0.25, -0.2) is 4.39 Å². The molecular formula is C20H31FN4O. The van der Waals surface area contributed by atoms with Crippen LogP contribution in [0.5, 0.6) is 0 Å². The predicted octanol–water partition coefficient (Wildman–Crippen LogP) is 2.67. The number of nitrogens with zero attached hydrogens (tertiary/aromatic N) is 2. The van der Waals surface area contributed by atoms with E-state index in [0.717, 1.165) is 50.5 Å². The lowest BCUT2D eigenvalue weighted by molar-refractivity contribution is -0.127. The van der Waals surface area contributed by atoms with E-state index in [0.29, 0.717) is 13.0 Å². The summed E-state index contributed by atoms with van der Waals surface area (Å²) in [4.78, 5) is 18.2. The fraction of sp³-hybridized carbons (Fsp3) is 0.600. The molecule has 1 fully saturated rings. The van der Waals surface area contributed by atoms with Crippen molar-refractivity contribution < 1.29 is 9.18 Å². The third-order valence-corrected chi connectivity index (χ3v) is 4.67. The molecule has 0 aromatic heterocycles. The molecule has 1 heterocycles. The minimum atomic E-state index is -0.223. The van der Waals surface area contributed by atoms with E-state index in [-0.39, 0.29) is 17.1 Å². The van der Waals surface area contributed by atoms with Crippen molar-refractivity contribution >= 4 is 11.9 Å². The maximum Gasteiger partial charge on any atom is 0.222 e. The van der Waals surface area contributed by atoms with Crippen molar-refractivity contribution in [2.45, 2.75) is 45.4 Å². The van der Waals surface area contributed by atoms with Crippen molar-refractivity contribution in [1.82, 2.24) is 15.5 Å². The molecule has 5 nitrogen and oxygen atoms in total. The molecule has 2 N–H and O–H groups in total. The third kappa shape index (κ3) is 6.00. The Hall–Kier alpha value is -2.11. The first-order valence-corrected chi connectivity index (χ1v) is 9.48. The molecule has 0 aliphatic carbocycles. The summed E-state index contributed by atoms with van der Waals surface area (Å²) in [5.41, 5.74) is 0.879. The standard InChI is InChI=1S/C20H31FN4O/c1-4-22-19(23-12-6-14-25-13-5-7-18(25)26)24-15-20(2,3)16-8-10-17(21)11-9-16/h8-11H,4-7,12-15H2,1-3H3,(H2,22,23,24). The highest BCUT2D eigenvalue weighted by molar-refractivity contribution is 5.80. The number of carbonyl (C=O) groups is 1. The van der Waals surface area contributed by atoms with Crippen LogP contribution in [0.15, 0.2) is 29.3 Å². The van der Waals surface area contributed by atoms with Crippen molar-refractivity contribution in [2.75, 3.05) is 32.7 Å². The second kappa shape index (κ2) is 9.55. The van der Waals surface area contributed by atoms with Crippen molar-refractivity contribution in [1.29, 1.82) is 0 Å². The first kappa shape index (κ1) is 20.2. The van der Waals surface area contributed by atoms with Crippen LogP contribution in [-0.2, 0) is 10.2 Å². The third-order valence-electron chi connectivity index (χ3n) is 4.67. The SMILES string of the molecule is CCNC(=NCC(C)(C)c1ccc(F)cc1)NCCCN1CCCC1=O. The quantitative estimate of drug-likeness (QED) is 0.425. The van der Waals surface area contributed by atoms with Gasteiger partial charge in [-0.05, 0) is 37.5 Å². The fourth-order valence-corrected chi connectivity index (χ4v) is 3.03. The average Bonchev–Trinajstić information content (AvgIpc) is 3.02. The van der Waals surface area contributed by atoms with Crippen LogP contribution in [0.1, 0.15) is 45.6 Å². The number of carbonyl (C=O) groups excluding carboxylic acids is 1. The molecule has 0 unspecified atom stereocenters. The highest BCUT2D eigenvalue weighted by Crippen LogP contribution is 2.23. The lowest BCUT2D eigenvalue weighted by Crippen LogP contribution is -2.40. The monoisotopic (exact) mass is 362 g/mol. The topological polar surface area (TPSA) is 56.7 Å². The number of aliphatic imine (C=N–C) groups is 1. The molecule has 26 heavy (non-hydrogen) atoms. The van der Waals surface area contributed by atoms with Crippen LogP contribution in [0.4, 0.5) is 4.39 Å². The number of likely N-dealkylation sites (tertiary alicyclic amines) is 1. The minimum absolute atomic E-state index is 0.183. The Labute approximate surface area is 156 Å². The predicted molar refractivity (Wildman–Crippen MR) is 104 cm³/mol. The van der Waals surface area contributed by atoms with Gasteiger partial charge >= 0.3 is 0 Å². The van der Waals surface area contributed by atoms with Crippen molar-refractivity contribution in [3.63, 3.8) is 0 Å². The summed E-state index contributed by atoms with van der Waals surface area (Å²) < 4.78 is 13.1. The van der Waals surface area contributed by atoms with E-state index in [1.54, 1.807) is 0 Å². The van der Waals surface area contributed by atoms with Crippen LogP contribution in [0.3, 0.4) is 0 Å². The lowest BCUT2D eigenvalue weighted by atomic mass is 9.85. The molecule has 1 saturated heterocycles. The number of rotatable bonds is 8. The Morgan fingerprint density at radius 1 is 1.27 bits per heavy atom. The molecule has 6 heteroatoms. The highest BCUT2D eigenvalue weighted by atomic mass is 19.1. The van der Waals surface area contributed by atoms with E-state index in [2.05, 4.69) is 29.5 Å². The number of halogens is 1. The van der Waals surface area contributed by atoms with E-state index < -0.39 is 0 Å². The Morgan fingerprint density at radius 2 is 2.00 bits per heavy atom. The Balaban J connectivity index is 1.84. The molecule has 1 aliphatic rings. The number of hydrogen-bond donors (Lipinski definition) is 2. The summed E-state index contributed by atoms with van der Waals surface area (Å²) in [7, 11) is 0.